The van der Waals surface area contributed by atoms with Gasteiger partial charge in [-0.2, -0.15) is 0 Å². The molecule has 0 radical (unpaired) electrons. The van der Waals surface area contributed by atoms with Crippen molar-refractivity contribution in [2.45, 2.75) is 6.92 Å². The van der Waals surface area contributed by atoms with Gasteiger partial charge in [-0.05, 0) is 19.1 Å². The summed E-state index contributed by atoms with van der Waals surface area (Å²) >= 11 is 0. The Morgan fingerprint density at radius 2 is 2.06 bits per heavy atom. The van der Waals surface area contributed by atoms with Crippen LogP contribution in [0.25, 0.3) is 0 Å². The van der Waals surface area contributed by atoms with Gasteiger partial charge in [0.15, 0.2) is 0 Å². The topological polar surface area (TPSA) is 49.4 Å². The van der Waals surface area contributed by atoms with Crippen LogP contribution in [0.1, 0.15) is 6.92 Å². The molecule has 1 aliphatic heterocycles. The van der Waals surface area contributed by atoms with E-state index in [1.807, 2.05) is 0 Å². The second-order valence-corrected chi connectivity index (χ2v) is 3.85. The second-order valence-electron chi connectivity index (χ2n) is 3.85. The molecule has 0 aromatic rings. The predicted molar refractivity (Wildman–Crippen MR) is 58.9 cm³/mol. The van der Waals surface area contributed by atoms with Gasteiger partial charge in [0.1, 0.15) is 26.2 Å². The Morgan fingerprint density at radius 1 is 1.50 bits per heavy atom. The molecule has 0 atom stereocenters. The van der Waals surface area contributed by atoms with Gasteiger partial charge >= 0.3 is 5.97 Å². The third-order valence-corrected chi connectivity index (χ3v) is 2.71. The lowest BCUT2D eigenvalue weighted by molar-refractivity contribution is -0.883. The maximum atomic E-state index is 11.6. The van der Waals surface area contributed by atoms with E-state index in [-0.39, 0.29) is 15.9 Å². The zero-order valence-corrected chi connectivity index (χ0v) is 9.57. The molecule has 1 heterocycles. The van der Waals surface area contributed by atoms with Crippen LogP contribution in [0.15, 0.2) is 36.8 Å². The van der Waals surface area contributed by atoms with E-state index in [2.05, 4.69) is 13.2 Å². The highest BCUT2D eigenvalue weighted by Gasteiger charge is 2.40. The van der Waals surface area contributed by atoms with E-state index in [1.54, 1.807) is 12.2 Å². The number of carbonyl (C=O) groups excluding carboxylic acids is 1. The summed E-state index contributed by atoms with van der Waals surface area (Å²) in [7, 11) is 0. The van der Waals surface area contributed by atoms with Gasteiger partial charge in [0, 0.05) is 0 Å². The summed E-state index contributed by atoms with van der Waals surface area (Å²) in [5, 5.41) is 11.6. The molecule has 4 nitrogen and oxygen atoms in total. The average molecular weight is 223 g/mol. The number of rotatable bonds is 4. The Balaban J connectivity index is 3.21. The van der Waals surface area contributed by atoms with Crippen LogP contribution in [0, 0.1) is 0 Å². The highest BCUT2D eigenvalue weighted by molar-refractivity contribution is 5.86. The van der Waals surface area contributed by atoms with Crippen molar-refractivity contribution in [1.82, 2.24) is 0 Å². The number of quaternary nitrogens is 1. The first kappa shape index (κ1) is 12.5. The Hall–Kier alpha value is -1.55. The Kier molecular flexibility index (Phi) is 3.90. The number of carbonyl (C=O) groups is 1. The number of esters is 1. The first-order valence-electron chi connectivity index (χ1n) is 5.21. The zero-order valence-electron chi connectivity index (χ0n) is 9.57. The van der Waals surface area contributed by atoms with Crippen LogP contribution in [0.5, 0.6) is 0 Å². The maximum Gasteiger partial charge on any atom is 0.392 e. The maximum absolute atomic E-state index is 11.6. The van der Waals surface area contributed by atoms with Gasteiger partial charge in [-0.15, -0.1) is 0 Å². The quantitative estimate of drug-likeness (QED) is 0.227. The van der Waals surface area contributed by atoms with Crippen molar-refractivity contribution in [2.75, 3.05) is 26.2 Å². The molecule has 1 saturated heterocycles. The lowest BCUT2D eigenvalue weighted by Gasteiger charge is -2.41. The smallest absolute Gasteiger partial charge is 0.392 e. The van der Waals surface area contributed by atoms with Gasteiger partial charge in [-0.25, -0.2) is 4.79 Å². The minimum atomic E-state index is -0.512. The number of ether oxygens (including phenoxy) is 1. The third-order valence-electron chi connectivity index (χ3n) is 2.71. The minimum absolute atomic E-state index is 0.200. The molecule has 0 saturated carbocycles. The number of hydrogen-bond donors (Lipinski definition) is 0. The fourth-order valence-electron chi connectivity index (χ4n) is 2.10. The number of allylic oxidation sites excluding steroid dienone is 1. The molecule has 0 aromatic carbocycles. The third kappa shape index (κ3) is 2.17. The summed E-state index contributed by atoms with van der Waals surface area (Å²) in [5.41, 5.74) is 0.200. The Bertz CT molecular complexity index is 330. The fourth-order valence-corrected chi connectivity index (χ4v) is 2.10. The van der Waals surface area contributed by atoms with Crippen molar-refractivity contribution in [3.05, 3.63) is 36.8 Å². The molecule has 0 aliphatic carbocycles. The number of cyclic esters (lactones) is 1. The molecule has 1 fully saturated rings. The van der Waals surface area contributed by atoms with Gasteiger partial charge in [-0.1, -0.05) is 18.9 Å². The molecular formula is C12H17NO3. The normalized spacial score (nSPS) is 22.2. The summed E-state index contributed by atoms with van der Waals surface area (Å²) in [6, 6.07) is 0. The highest BCUT2D eigenvalue weighted by Crippen LogP contribution is 2.25. The SMILES string of the molecule is C=CC[N+]1(CC=C)CCOC(=O)/C1=C(\C)[O-]. The predicted octanol–water partition coefficient (Wildman–Crippen LogP) is 0.324. The molecule has 1 rings (SSSR count). The van der Waals surface area contributed by atoms with E-state index in [0.717, 1.165) is 0 Å². The van der Waals surface area contributed by atoms with Gasteiger partial charge in [-0.3, -0.25) is 4.48 Å². The summed E-state index contributed by atoms with van der Waals surface area (Å²) in [6.07, 6.45) is 3.43. The van der Waals surface area contributed by atoms with E-state index in [0.29, 0.717) is 26.2 Å². The molecule has 88 valence electrons. The number of nitrogens with zero attached hydrogens (tertiary/aromatic N) is 1. The molecule has 1 aliphatic rings. The van der Waals surface area contributed by atoms with Crippen molar-refractivity contribution in [2.24, 2.45) is 0 Å². The van der Waals surface area contributed by atoms with Crippen LogP contribution in [0.3, 0.4) is 0 Å². The standard InChI is InChI=1S/C12H17NO3/c1-4-6-13(7-5-2)8-9-16-12(15)11(13)10(3)14/h4-5H,1-2,6-9H2,3H3. The molecule has 0 aromatic heterocycles. The summed E-state index contributed by atoms with van der Waals surface area (Å²) in [4.78, 5) is 11.6. The zero-order chi connectivity index (χ0) is 12.2. The lowest BCUT2D eigenvalue weighted by atomic mass is 10.2. The Morgan fingerprint density at radius 3 is 2.50 bits per heavy atom. The van der Waals surface area contributed by atoms with Crippen molar-refractivity contribution in [3.8, 4) is 0 Å². The summed E-state index contributed by atoms with van der Waals surface area (Å²) < 4.78 is 5.20. The highest BCUT2D eigenvalue weighted by atomic mass is 16.5. The van der Waals surface area contributed by atoms with Crippen LogP contribution < -0.4 is 5.11 Å². The molecule has 0 bridgehead atoms. The van der Waals surface area contributed by atoms with Crippen molar-refractivity contribution in [3.63, 3.8) is 0 Å². The fraction of sp³-hybridized carbons (Fsp3) is 0.417. The summed E-state index contributed by atoms with van der Waals surface area (Å²) in [6.45, 7) is 10.7. The van der Waals surface area contributed by atoms with Gasteiger partial charge in [0.05, 0.1) is 0 Å². The van der Waals surface area contributed by atoms with E-state index < -0.39 is 5.97 Å². The molecular weight excluding hydrogens is 206 g/mol. The average Bonchev–Trinajstić information content (AvgIpc) is 2.17. The van der Waals surface area contributed by atoms with Gasteiger partial charge < -0.3 is 9.84 Å². The molecule has 0 spiro atoms. The van der Waals surface area contributed by atoms with Gasteiger partial charge in [0.25, 0.3) is 0 Å². The Labute approximate surface area is 95.7 Å². The molecule has 16 heavy (non-hydrogen) atoms. The van der Waals surface area contributed by atoms with Crippen LogP contribution in [0.2, 0.25) is 0 Å². The van der Waals surface area contributed by atoms with Crippen molar-refractivity contribution in [1.29, 1.82) is 0 Å². The van der Waals surface area contributed by atoms with Gasteiger partial charge in [0.2, 0.25) is 5.70 Å². The van der Waals surface area contributed by atoms with Crippen molar-refractivity contribution < 1.29 is 19.1 Å². The van der Waals surface area contributed by atoms with Crippen LogP contribution >= 0.6 is 0 Å². The summed E-state index contributed by atoms with van der Waals surface area (Å²) in [5.74, 6) is -0.754. The number of hydrogen-bond acceptors (Lipinski definition) is 3. The lowest BCUT2D eigenvalue weighted by Crippen LogP contribution is -2.56. The minimum Gasteiger partial charge on any atom is -0.871 e. The van der Waals surface area contributed by atoms with E-state index >= 15 is 0 Å². The number of morpholine rings is 1. The van der Waals surface area contributed by atoms with Crippen molar-refractivity contribution >= 4 is 5.97 Å². The second kappa shape index (κ2) is 4.99. The van der Waals surface area contributed by atoms with E-state index in [4.69, 9.17) is 4.74 Å². The van der Waals surface area contributed by atoms with E-state index in [9.17, 15) is 9.90 Å². The van der Waals surface area contributed by atoms with Crippen LogP contribution in [0.4, 0.5) is 0 Å². The molecule has 0 amide bonds. The largest absolute Gasteiger partial charge is 0.871 e. The first-order valence-corrected chi connectivity index (χ1v) is 5.21. The first-order chi connectivity index (χ1) is 7.57. The monoisotopic (exact) mass is 223 g/mol. The molecule has 4 heteroatoms. The molecule has 0 N–H and O–H groups in total. The van der Waals surface area contributed by atoms with Crippen LogP contribution in [-0.4, -0.2) is 36.7 Å². The van der Waals surface area contributed by atoms with Crippen LogP contribution in [-0.2, 0) is 9.53 Å². The van der Waals surface area contributed by atoms with E-state index in [1.165, 1.54) is 6.92 Å². The molecule has 0 unspecified atom stereocenters.